The smallest absolute Gasteiger partial charge is 0.256 e. The highest BCUT2D eigenvalue weighted by Gasteiger charge is 2.47. The van der Waals surface area contributed by atoms with E-state index in [-0.39, 0.29) is 56.3 Å². The number of thioether (sulfide) groups is 1. The number of aliphatic hydroxyl groups is 2. The average Bonchev–Trinajstić information content (AvgIpc) is 0.811. The van der Waals surface area contributed by atoms with Crippen LogP contribution in [-0.2, 0) is 57.5 Å². The van der Waals surface area contributed by atoms with Gasteiger partial charge in [-0.3, -0.25) is 57.6 Å². The molecule has 11 amide bonds. The molecule has 0 radical (unpaired) electrons. The molecule has 0 saturated carbocycles. The Bertz CT molecular complexity index is 2650. The second-order valence-corrected chi connectivity index (χ2v) is 30.8. The lowest BCUT2D eigenvalue weighted by Gasteiger charge is -2.41. The van der Waals surface area contributed by atoms with E-state index >= 15 is 33.6 Å². The first-order valence-corrected chi connectivity index (χ1v) is 36.1. The zero-order valence-corrected chi connectivity index (χ0v) is 64.0. The van der Waals surface area contributed by atoms with E-state index < -0.39 is 160 Å². The van der Waals surface area contributed by atoms with Crippen molar-refractivity contribution in [1.29, 1.82) is 0 Å². The molecular formula is C70H126N12O14S. The maximum Gasteiger partial charge on any atom is 0.256 e. The van der Waals surface area contributed by atoms with Crippen molar-refractivity contribution in [2.24, 2.45) is 35.5 Å². The molecule has 27 heteroatoms. The molecule has 0 aromatic heterocycles. The van der Waals surface area contributed by atoms with Crippen LogP contribution in [0.15, 0.2) is 12.2 Å². The summed E-state index contributed by atoms with van der Waals surface area (Å²) in [5, 5.41) is 33.6. The average molecular weight is 1390 g/mol. The fraction of sp³-hybridized carbons (Fsp3) is 0.814. The van der Waals surface area contributed by atoms with Crippen LogP contribution in [0.3, 0.4) is 0 Å². The summed E-state index contributed by atoms with van der Waals surface area (Å²) < 4.78 is 5.56. The number of ether oxygens (including phenoxy) is 1. The van der Waals surface area contributed by atoms with Gasteiger partial charge in [0.2, 0.25) is 59.1 Å². The lowest BCUT2D eigenvalue weighted by Crippen LogP contribution is -2.64. The zero-order valence-electron chi connectivity index (χ0n) is 63.2. The summed E-state index contributed by atoms with van der Waals surface area (Å²) in [5.74, 6) is -9.95. The van der Waals surface area contributed by atoms with Gasteiger partial charge in [0.25, 0.3) is 5.91 Å². The van der Waals surface area contributed by atoms with Crippen molar-refractivity contribution in [3.63, 3.8) is 0 Å². The summed E-state index contributed by atoms with van der Waals surface area (Å²) in [6, 6.07) is -13.1. The Labute approximate surface area is 584 Å². The van der Waals surface area contributed by atoms with Crippen molar-refractivity contribution in [3.05, 3.63) is 12.2 Å². The first-order chi connectivity index (χ1) is 45.0. The number of allylic oxidation sites excluding steroid dienone is 2. The number of nitrogens with zero attached hydrogens (tertiary/aromatic N) is 8. The van der Waals surface area contributed by atoms with Crippen LogP contribution in [0.4, 0.5) is 0 Å². The zero-order chi connectivity index (χ0) is 74.4. The molecular weight excluding hydrogens is 1260 g/mol. The van der Waals surface area contributed by atoms with Gasteiger partial charge in [-0.25, -0.2) is 0 Å². The van der Waals surface area contributed by atoms with Crippen LogP contribution in [0.2, 0.25) is 0 Å². The lowest BCUT2D eigenvalue weighted by molar-refractivity contribution is -0.157. The molecule has 0 bridgehead atoms. The molecule has 0 aliphatic carbocycles. The Balaban J connectivity index is 3.15. The minimum atomic E-state index is -1.66. The van der Waals surface area contributed by atoms with Crippen LogP contribution in [0, 0.1) is 35.5 Å². The van der Waals surface area contributed by atoms with Crippen LogP contribution < -0.4 is 21.3 Å². The summed E-state index contributed by atoms with van der Waals surface area (Å²) in [6.45, 7) is 32.3. The number of likely N-dealkylation sites (N-methyl/N-ethyl adjacent to an activating group) is 7. The molecule has 0 spiro atoms. The summed E-state index contributed by atoms with van der Waals surface area (Å²) in [4.78, 5) is 176. The van der Waals surface area contributed by atoms with Crippen LogP contribution in [0.1, 0.15) is 169 Å². The number of hydrogen-bond acceptors (Lipinski definition) is 16. The number of carbonyl (C=O) groups is 11. The normalized spacial score (nSPS) is 27.1. The van der Waals surface area contributed by atoms with E-state index in [1.165, 1.54) is 102 Å². The van der Waals surface area contributed by atoms with Gasteiger partial charge in [-0.05, 0) is 121 Å². The minimum absolute atomic E-state index is 0.0365. The Kier molecular flexibility index (Phi) is 36.3. The second-order valence-electron chi connectivity index (χ2n) is 29.6. The van der Waals surface area contributed by atoms with Gasteiger partial charge < -0.3 is 70.5 Å². The van der Waals surface area contributed by atoms with Crippen molar-refractivity contribution >= 4 is 76.7 Å². The molecule has 2 heterocycles. The van der Waals surface area contributed by atoms with Crippen LogP contribution >= 0.6 is 11.8 Å². The van der Waals surface area contributed by atoms with Gasteiger partial charge in [0.05, 0.1) is 24.9 Å². The van der Waals surface area contributed by atoms with E-state index in [2.05, 4.69) is 26.2 Å². The van der Waals surface area contributed by atoms with E-state index in [9.17, 15) is 29.4 Å². The Morgan fingerprint density at radius 3 is 1.52 bits per heavy atom. The molecule has 556 valence electrons. The molecule has 2 aliphatic heterocycles. The van der Waals surface area contributed by atoms with Crippen LogP contribution in [0.5, 0.6) is 0 Å². The number of amides is 11. The van der Waals surface area contributed by atoms with E-state index in [4.69, 9.17) is 4.74 Å². The third-order valence-electron chi connectivity index (χ3n) is 18.4. The van der Waals surface area contributed by atoms with Crippen LogP contribution in [0.25, 0.3) is 0 Å². The van der Waals surface area contributed by atoms with E-state index in [1.54, 1.807) is 54.5 Å². The summed E-state index contributed by atoms with van der Waals surface area (Å²) in [5.41, 5.74) is -1.59. The predicted octanol–water partition coefficient (Wildman–Crippen LogP) is 3.56. The van der Waals surface area contributed by atoms with Crippen LogP contribution in [-0.4, -0.2) is 280 Å². The van der Waals surface area contributed by atoms with Gasteiger partial charge in [0.15, 0.2) is 5.37 Å². The highest BCUT2D eigenvalue weighted by Crippen LogP contribution is 2.28. The maximum atomic E-state index is 15.5. The van der Waals surface area contributed by atoms with E-state index in [0.29, 0.717) is 51.4 Å². The number of nitrogens with one attached hydrogen (secondary N) is 4. The Morgan fingerprint density at radius 2 is 1.02 bits per heavy atom. The Morgan fingerprint density at radius 1 is 0.546 bits per heavy atom. The predicted molar refractivity (Wildman–Crippen MR) is 378 cm³/mol. The number of carbonyl (C=O) groups excluding carboxylic acids is 11. The van der Waals surface area contributed by atoms with Gasteiger partial charge in [0, 0.05) is 68.8 Å². The monoisotopic (exact) mass is 1390 g/mol. The summed E-state index contributed by atoms with van der Waals surface area (Å²) >= 11 is 1.14. The van der Waals surface area contributed by atoms with Gasteiger partial charge in [0.1, 0.15) is 60.4 Å². The highest BCUT2D eigenvalue weighted by molar-refractivity contribution is 8.00. The fourth-order valence-electron chi connectivity index (χ4n) is 12.4. The van der Waals surface area contributed by atoms with Crippen molar-refractivity contribution in [3.8, 4) is 0 Å². The lowest BCUT2D eigenvalue weighted by atomic mass is 9.91. The highest BCUT2D eigenvalue weighted by atomic mass is 32.2. The van der Waals surface area contributed by atoms with Crippen molar-refractivity contribution in [1.82, 2.24) is 60.5 Å². The molecule has 6 N–H and O–H groups in total. The Hall–Kier alpha value is -5.90. The number of morpholine rings is 1. The second kappa shape index (κ2) is 40.4. The third kappa shape index (κ3) is 25.7. The molecule has 0 aromatic rings. The molecule has 97 heavy (non-hydrogen) atoms. The molecule has 2 rings (SSSR count). The van der Waals surface area contributed by atoms with Crippen molar-refractivity contribution in [2.75, 3.05) is 87.9 Å². The van der Waals surface area contributed by atoms with Gasteiger partial charge in [-0.15, -0.1) is 11.8 Å². The van der Waals surface area contributed by atoms with Gasteiger partial charge in [-0.2, -0.15) is 0 Å². The van der Waals surface area contributed by atoms with Crippen molar-refractivity contribution < 1.29 is 67.7 Å². The molecule has 26 nitrogen and oxygen atoms in total. The number of rotatable bonds is 21. The summed E-state index contributed by atoms with van der Waals surface area (Å²) in [7, 11) is 9.91. The topological polar surface area (TPSA) is 312 Å². The quantitative estimate of drug-likeness (QED) is 0.0707. The van der Waals surface area contributed by atoms with Gasteiger partial charge in [-0.1, -0.05) is 102 Å². The minimum Gasteiger partial charge on any atom is -0.390 e. The summed E-state index contributed by atoms with van der Waals surface area (Å²) in [6.07, 6.45) is 3.33. The standard InChI is InChI=1S/C70H126N12O14S/c1-25-27-30-46(13)57(83)56-61(87)73-49(29-26-2)63(89)81(24)69(97-36-28-31-82-32-34-96-35-33-82)68(94)78(21)53(40-70(16,17)95)60(86)74-54(44(9)10)66(92)75(18)50(37-41(3)4)59(85)71-47(14)58(84)72-48(15)62(88)76(19)51(38-42(5)6)64(90)77(20)52(39-43(7)8)65(91)79(22)55(45(11)12)67(93)80(56)23/h25,27,41-57,69,83,95H,26,28-40H2,1-24H3,(H,71,85)(H,72,84)(H,73,87)(H,74,86)/b27-25+/t46-,47-,48+,49-,50-,51+,52-,53+,54-,55-,56+,57-,69-/m1/s1. The fourth-order valence-corrected chi connectivity index (χ4v) is 13.5. The molecule has 2 saturated heterocycles. The molecule has 2 fully saturated rings. The third-order valence-corrected chi connectivity index (χ3v) is 19.7. The molecule has 0 aromatic carbocycles. The largest absolute Gasteiger partial charge is 0.390 e. The van der Waals surface area contributed by atoms with E-state index in [1.807, 2.05) is 47.6 Å². The molecule has 13 atom stereocenters. The molecule has 2 aliphatic rings. The van der Waals surface area contributed by atoms with E-state index in [0.717, 1.165) is 21.6 Å². The SMILES string of the molecule is C/C=C/C[C@@H](C)[C@@H](O)[C@H]1C(=O)N[C@H](CCC)C(=O)N(C)[C@H](SCCCN2CCOCC2)C(=O)N(C)[C@@H](CC(C)(C)O)C(=O)N[C@H](C(C)C)C(=O)N(C)[C@H](CC(C)C)C(=O)N[C@H](C)C(=O)N[C@@H](C)C(=O)N(C)[C@@H](CC(C)C)C(=O)N(C)[C@H](CC(C)C)C(=O)N(C)[C@H](C(C)C)C(=O)N1C. The number of hydrogen-bond donors (Lipinski definition) is 6. The first-order valence-electron chi connectivity index (χ1n) is 35.0. The maximum absolute atomic E-state index is 15.5. The first kappa shape index (κ1) is 87.2. The molecule has 0 unspecified atom stereocenters. The van der Waals surface area contributed by atoms with Crippen molar-refractivity contribution in [2.45, 2.75) is 247 Å². The van der Waals surface area contributed by atoms with Gasteiger partial charge >= 0.3 is 0 Å². The number of aliphatic hydroxyl groups excluding tert-OH is 1.